The van der Waals surface area contributed by atoms with Crippen LogP contribution in [0.5, 0.6) is 0 Å². The van der Waals surface area contributed by atoms with E-state index in [1.807, 2.05) is 33.3 Å². The molecule has 1 N–H and O–H groups in total. The van der Waals surface area contributed by atoms with E-state index in [0.717, 1.165) is 77.0 Å². The van der Waals surface area contributed by atoms with E-state index in [4.69, 9.17) is 14.2 Å². The Hall–Kier alpha value is -3.75. The number of esters is 2. The van der Waals surface area contributed by atoms with Crippen molar-refractivity contribution in [1.29, 1.82) is 0 Å². The van der Waals surface area contributed by atoms with E-state index < -0.39 is 18.1 Å². The van der Waals surface area contributed by atoms with Crippen molar-refractivity contribution >= 4 is 17.9 Å². The fourth-order valence-electron chi connectivity index (χ4n) is 6.21. The molecule has 2 unspecified atom stereocenters. The van der Waals surface area contributed by atoms with Crippen molar-refractivity contribution in [3.63, 3.8) is 0 Å². The number of allylic oxidation sites excluding steroid dienone is 16. The third-order valence-electron chi connectivity index (χ3n) is 9.74. The summed E-state index contributed by atoms with van der Waals surface area (Å²) >= 11 is 0. The number of hydrogen-bond acceptors (Lipinski definition) is 6. The molecule has 0 aliphatic rings. The minimum absolute atomic E-state index is 0.0315. The van der Waals surface area contributed by atoms with E-state index in [0.29, 0.717) is 19.3 Å². The van der Waals surface area contributed by atoms with Gasteiger partial charge in [0.05, 0.1) is 34.4 Å². The molecule has 0 radical (unpaired) electrons. The molecule has 0 aliphatic carbocycles. The summed E-state index contributed by atoms with van der Waals surface area (Å²) in [7, 11) is 5.50. The molecule has 0 aromatic rings. The Morgan fingerprint density at radius 1 is 0.500 bits per heavy atom. The molecule has 0 amide bonds. The van der Waals surface area contributed by atoms with Gasteiger partial charge >= 0.3 is 17.9 Å². The van der Waals surface area contributed by atoms with Crippen LogP contribution in [0.3, 0.4) is 0 Å². The smallest absolute Gasteiger partial charge is 0.362 e. The lowest BCUT2D eigenvalue weighted by molar-refractivity contribution is -0.887. The minimum Gasteiger partial charge on any atom is -0.477 e. The van der Waals surface area contributed by atoms with Gasteiger partial charge in [-0.05, 0) is 77.0 Å². The van der Waals surface area contributed by atoms with Crippen molar-refractivity contribution in [2.45, 2.75) is 174 Å². The zero-order chi connectivity index (χ0) is 44.2. The number of hydrogen-bond donors (Lipinski definition) is 1. The van der Waals surface area contributed by atoms with E-state index in [1.165, 1.54) is 44.9 Å². The first kappa shape index (κ1) is 56.2. The molecule has 0 saturated carbocycles. The largest absolute Gasteiger partial charge is 0.477 e. The molecular weight excluding hydrogens is 751 g/mol. The van der Waals surface area contributed by atoms with Gasteiger partial charge in [-0.3, -0.25) is 9.59 Å². The van der Waals surface area contributed by atoms with Crippen molar-refractivity contribution < 1.29 is 38.2 Å². The number of rotatable bonds is 40. The van der Waals surface area contributed by atoms with Crippen LogP contribution in [0.4, 0.5) is 0 Å². The molecule has 2 atom stereocenters. The topological polar surface area (TPSA) is 99.1 Å². The lowest BCUT2D eigenvalue weighted by Gasteiger charge is -2.31. The second-order valence-electron chi connectivity index (χ2n) is 16.2. The van der Waals surface area contributed by atoms with Gasteiger partial charge in [0.25, 0.3) is 0 Å². The molecule has 0 fully saturated rings. The van der Waals surface area contributed by atoms with Crippen LogP contribution in [0.2, 0.25) is 0 Å². The van der Waals surface area contributed by atoms with Gasteiger partial charge in [-0.25, -0.2) is 4.79 Å². The monoisotopic (exact) mass is 837 g/mol. The quantitative estimate of drug-likeness (QED) is 0.0284. The summed E-state index contributed by atoms with van der Waals surface area (Å²) in [5.74, 6) is -1.59. The third kappa shape index (κ3) is 39.7. The highest BCUT2D eigenvalue weighted by molar-refractivity contribution is 5.72. The van der Waals surface area contributed by atoms with E-state index in [-0.39, 0.29) is 42.7 Å². The standard InChI is InChI=1S/C52H85NO7/c1-6-8-10-12-14-16-18-20-21-22-23-24-25-26-27-28-29-31-33-35-37-39-41-43-51(55)60-48(46-58-45-44-49(52(56)57)53(3,4)5)47-59-50(54)42-40-38-36-34-32-30-19-17-15-13-11-9-7-2/h8-11,14-17,20-21,23-24,30,32,36,38,48-49H,6-7,12-13,18-19,22,25-29,31,33-35,37,39-47H2,1-5H3/p+1/b10-8-,11-9-,16-14-,17-15-,21-20-,24-23-,32-30-,38-36-. The van der Waals surface area contributed by atoms with E-state index in [1.54, 1.807) is 0 Å². The molecule has 60 heavy (non-hydrogen) atoms. The first-order valence-corrected chi connectivity index (χ1v) is 23.3. The number of aliphatic carboxylic acids is 1. The number of unbranched alkanes of at least 4 members (excludes halogenated alkanes) is 10. The highest BCUT2D eigenvalue weighted by Crippen LogP contribution is 2.14. The van der Waals surface area contributed by atoms with Crippen molar-refractivity contribution in [1.82, 2.24) is 0 Å². The Morgan fingerprint density at radius 3 is 1.37 bits per heavy atom. The molecule has 0 saturated heterocycles. The lowest BCUT2D eigenvalue weighted by atomic mass is 10.0. The molecular formula is C52H86NO7+. The first-order chi connectivity index (χ1) is 29.1. The molecule has 8 nitrogen and oxygen atoms in total. The Kier molecular flexibility index (Phi) is 39.3. The second-order valence-corrected chi connectivity index (χ2v) is 16.2. The van der Waals surface area contributed by atoms with Gasteiger partial charge in [0.2, 0.25) is 0 Å². The molecule has 8 heteroatoms. The molecule has 340 valence electrons. The number of carboxylic acid groups (broad SMARTS) is 1. The molecule has 0 bridgehead atoms. The normalized spacial score (nSPS) is 13.8. The summed E-state index contributed by atoms with van der Waals surface area (Å²) in [6.07, 6.45) is 56.2. The number of quaternary nitrogens is 1. The lowest BCUT2D eigenvalue weighted by Crippen LogP contribution is -2.50. The highest BCUT2D eigenvalue weighted by Gasteiger charge is 2.31. The SMILES string of the molecule is CC/C=C\C/C=C\C/C=C\C/C=C\CCCCCCCCCCCCC(=O)OC(COCCC(C(=O)O)[N+](C)(C)C)COC(=O)CC/C=C\C/C=C\C/C=C\C/C=C\CC. The van der Waals surface area contributed by atoms with Gasteiger partial charge in [0.15, 0.2) is 12.1 Å². The molecule has 0 aromatic carbocycles. The summed E-state index contributed by atoms with van der Waals surface area (Å²) in [5, 5.41) is 9.63. The van der Waals surface area contributed by atoms with E-state index >= 15 is 0 Å². The summed E-state index contributed by atoms with van der Waals surface area (Å²) in [5.41, 5.74) is 0. The highest BCUT2D eigenvalue weighted by atomic mass is 16.6. The van der Waals surface area contributed by atoms with Crippen LogP contribution in [0.1, 0.15) is 162 Å². The van der Waals surface area contributed by atoms with E-state index in [2.05, 4.69) is 98.9 Å². The summed E-state index contributed by atoms with van der Waals surface area (Å²) < 4.78 is 17.2. The zero-order valence-corrected chi connectivity index (χ0v) is 38.6. The predicted molar refractivity (Wildman–Crippen MR) is 252 cm³/mol. The van der Waals surface area contributed by atoms with Crippen LogP contribution < -0.4 is 0 Å². The van der Waals surface area contributed by atoms with Crippen molar-refractivity contribution in [3.8, 4) is 0 Å². The third-order valence-corrected chi connectivity index (χ3v) is 9.74. The number of ether oxygens (including phenoxy) is 3. The average molecular weight is 837 g/mol. The number of nitrogens with zero attached hydrogens (tertiary/aromatic N) is 1. The van der Waals surface area contributed by atoms with Gasteiger partial charge < -0.3 is 23.8 Å². The Morgan fingerprint density at radius 2 is 0.917 bits per heavy atom. The molecule has 0 aliphatic heterocycles. The van der Waals surface area contributed by atoms with Gasteiger partial charge in [-0.1, -0.05) is 162 Å². The van der Waals surface area contributed by atoms with Crippen molar-refractivity contribution in [2.75, 3.05) is 41.0 Å². The Balaban J connectivity index is 4.34. The van der Waals surface area contributed by atoms with Crippen LogP contribution in [0, 0.1) is 0 Å². The summed E-state index contributed by atoms with van der Waals surface area (Å²) in [6, 6.07) is -0.630. The van der Waals surface area contributed by atoms with E-state index in [9.17, 15) is 19.5 Å². The van der Waals surface area contributed by atoms with Crippen LogP contribution >= 0.6 is 0 Å². The van der Waals surface area contributed by atoms with Gasteiger partial charge in [0.1, 0.15) is 6.61 Å². The van der Waals surface area contributed by atoms with Crippen LogP contribution in [0.15, 0.2) is 97.2 Å². The van der Waals surface area contributed by atoms with Crippen molar-refractivity contribution in [2.24, 2.45) is 0 Å². The predicted octanol–water partition coefficient (Wildman–Crippen LogP) is 13.1. The first-order valence-electron chi connectivity index (χ1n) is 23.3. The number of carboxylic acids is 1. The number of likely N-dealkylation sites (N-methyl/N-ethyl adjacent to an activating group) is 1. The Labute approximate surface area is 366 Å². The molecule has 0 spiro atoms. The number of carbonyl (C=O) groups excluding carboxylic acids is 2. The fourth-order valence-corrected chi connectivity index (χ4v) is 6.21. The maximum Gasteiger partial charge on any atom is 0.362 e. The maximum atomic E-state index is 12.8. The van der Waals surface area contributed by atoms with Gasteiger partial charge in [-0.15, -0.1) is 0 Å². The van der Waals surface area contributed by atoms with Crippen molar-refractivity contribution in [3.05, 3.63) is 97.2 Å². The van der Waals surface area contributed by atoms with Crippen LogP contribution in [-0.4, -0.2) is 80.6 Å². The second kappa shape index (κ2) is 42.0. The van der Waals surface area contributed by atoms with Crippen LogP contribution in [0.25, 0.3) is 0 Å². The maximum absolute atomic E-state index is 12.8. The Bertz CT molecular complexity index is 1300. The average Bonchev–Trinajstić information content (AvgIpc) is 3.21. The molecule has 0 rings (SSSR count). The molecule has 0 heterocycles. The van der Waals surface area contributed by atoms with Crippen LogP contribution in [-0.2, 0) is 28.6 Å². The number of carbonyl (C=O) groups is 3. The minimum atomic E-state index is -0.888. The van der Waals surface area contributed by atoms with Gasteiger partial charge in [0, 0.05) is 19.3 Å². The fraction of sp³-hybridized carbons (Fsp3) is 0.635. The summed E-state index contributed by atoms with van der Waals surface area (Å²) in [4.78, 5) is 37.0. The zero-order valence-electron chi connectivity index (χ0n) is 38.6. The summed E-state index contributed by atoms with van der Waals surface area (Å²) in [6.45, 7) is 4.41. The van der Waals surface area contributed by atoms with Gasteiger partial charge in [-0.2, -0.15) is 0 Å². The molecule has 0 aromatic heterocycles.